The van der Waals surface area contributed by atoms with E-state index in [1.807, 2.05) is 22.6 Å². The Morgan fingerprint density at radius 1 is 1.56 bits per heavy atom. The Kier molecular flexibility index (Phi) is 4.23. The maximum absolute atomic E-state index is 13.5. The van der Waals surface area contributed by atoms with Gasteiger partial charge in [-0.15, -0.1) is 0 Å². The van der Waals surface area contributed by atoms with Gasteiger partial charge in [-0.2, -0.15) is 0 Å². The molecular formula is C11H8FIN2O2S. The highest BCUT2D eigenvalue weighted by molar-refractivity contribution is 14.1. The van der Waals surface area contributed by atoms with Crippen molar-refractivity contribution in [3.05, 3.63) is 40.0 Å². The van der Waals surface area contributed by atoms with Gasteiger partial charge in [0.25, 0.3) is 0 Å². The molecule has 1 heterocycles. The van der Waals surface area contributed by atoms with Gasteiger partial charge in [-0.05, 0) is 34.7 Å². The van der Waals surface area contributed by atoms with Gasteiger partial charge in [-0.1, -0.05) is 17.8 Å². The monoisotopic (exact) mass is 378 g/mol. The molecule has 0 spiro atoms. The molecule has 4 nitrogen and oxygen atoms in total. The molecule has 1 N–H and O–H groups in total. The minimum atomic E-state index is -0.913. The molecule has 18 heavy (non-hydrogen) atoms. The number of rotatable bonds is 4. The Balaban J connectivity index is 2.36. The zero-order valence-corrected chi connectivity index (χ0v) is 12.0. The van der Waals surface area contributed by atoms with Crippen LogP contribution in [-0.4, -0.2) is 26.4 Å². The fourth-order valence-corrected chi connectivity index (χ4v) is 2.69. The summed E-state index contributed by atoms with van der Waals surface area (Å²) in [6, 6.07) is 4.75. The Morgan fingerprint density at radius 3 is 3.06 bits per heavy atom. The topological polar surface area (TPSA) is 55.1 Å². The minimum absolute atomic E-state index is 0.0804. The van der Waals surface area contributed by atoms with Crippen molar-refractivity contribution in [2.45, 2.75) is 5.16 Å². The Bertz CT molecular complexity index is 588. The molecule has 0 saturated heterocycles. The zero-order valence-electron chi connectivity index (χ0n) is 9.01. The van der Waals surface area contributed by atoms with Crippen LogP contribution in [-0.2, 0) is 4.79 Å². The largest absolute Gasteiger partial charge is 0.481 e. The lowest BCUT2D eigenvalue weighted by atomic mass is 10.3. The Morgan fingerprint density at radius 2 is 2.33 bits per heavy atom. The first kappa shape index (κ1) is 13.3. The van der Waals surface area contributed by atoms with Gasteiger partial charge in [0.15, 0.2) is 5.16 Å². The smallest absolute Gasteiger partial charge is 0.313 e. The van der Waals surface area contributed by atoms with Crippen molar-refractivity contribution in [1.29, 1.82) is 0 Å². The highest BCUT2D eigenvalue weighted by Gasteiger charge is 2.12. The second-order valence-corrected chi connectivity index (χ2v) is 5.36. The number of imidazole rings is 1. The average molecular weight is 378 g/mol. The maximum atomic E-state index is 13.5. The minimum Gasteiger partial charge on any atom is -0.481 e. The van der Waals surface area contributed by atoms with E-state index in [-0.39, 0.29) is 11.6 Å². The van der Waals surface area contributed by atoms with Crippen LogP contribution >= 0.6 is 34.4 Å². The first-order chi connectivity index (χ1) is 8.59. The van der Waals surface area contributed by atoms with Gasteiger partial charge in [0.1, 0.15) is 5.82 Å². The first-order valence-electron chi connectivity index (χ1n) is 4.92. The van der Waals surface area contributed by atoms with E-state index in [2.05, 4.69) is 4.98 Å². The molecule has 0 amide bonds. The number of nitrogens with zero attached hydrogens (tertiary/aromatic N) is 2. The molecule has 7 heteroatoms. The lowest BCUT2D eigenvalue weighted by Gasteiger charge is -2.09. The van der Waals surface area contributed by atoms with Crippen LogP contribution in [0.1, 0.15) is 0 Å². The highest BCUT2D eigenvalue weighted by atomic mass is 127. The summed E-state index contributed by atoms with van der Waals surface area (Å²) in [7, 11) is 0. The number of hydrogen-bond acceptors (Lipinski definition) is 3. The molecule has 0 radical (unpaired) electrons. The van der Waals surface area contributed by atoms with Crippen molar-refractivity contribution in [1.82, 2.24) is 9.55 Å². The molecule has 1 aromatic heterocycles. The fourth-order valence-electron chi connectivity index (χ4n) is 1.38. The average Bonchev–Trinajstić information content (AvgIpc) is 2.78. The molecular weight excluding hydrogens is 370 g/mol. The predicted octanol–water partition coefficient (Wildman–Crippen LogP) is 2.79. The first-order valence-corrected chi connectivity index (χ1v) is 6.98. The summed E-state index contributed by atoms with van der Waals surface area (Å²) in [4.78, 5) is 14.6. The van der Waals surface area contributed by atoms with E-state index < -0.39 is 5.97 Å². The van der Waals surface area contributed by atoms with Gasteiger partial charge in [0, 0.05) is 12.4 Å². The number of carboxylic acid groups (broad SMARTS) is 1. The van der Waals surface area contributed by atoms with Crippen molar-refractivity contribution in [3.8, 4) is 5.69 Å². The standard InChI is InChI=1S/C11H8FIN2O2S/c12-7-2-1-3-8(10(7)13)15-5-4-14-11(15)18-6-9(16)17/h1-5H,6H2,(H,16,17). The van der Waals surface area contributed by atoms with Crippen molar-refractivity contribution >= 4 is 40.3 Å². The third-order valence-corrected chi connectivity index (χ3v) is 4.14. The molecule has 0 aliphatic rings. The quantitative estimate of drug-likeness (QED) is 0.657. The van der Waals surface area contributed by atoms with Crippen LogP contribution in [0.25, 0.3) is 5.69 Å². The van der Waals surface area contributed by atoms with Gasteiger partial charge in [0.05, 0.1) is 15.0 Å². The van der Waals surface area contributed by atoms with E-state index in [4.69, 9.17) is 5.11 Å². The second-order valence-electron chi connectivity index (χ2n) is 3.34. The van der Waals surface area contributed by atoms with E-state index in [9.17, 15) is 9.18 Å². The number of hydrogen-bond donors (Lipinski definition) is 1. The van der Waals surface area contributed by atoms with Crippen LogP contribution in [0.5, 0.6) is 0 Å². The third kappa shape index (κ3) is 2.83. The van der Waals surface area contributed by atoms with Gasteiger partial charge >= 0.3 is 5.97 Å². The summed E-state index contributed by atoms with van der Waals surface area (Å²) in [5.41, 5.74) is 0.654. The number of halogens is 2. The van der Waals surface area contributed by atoms with Crippen LogP contribution in [0.15, 0.2) is 35.7 Å². The van der Waals surface area contributed by atoms with E-state index >= 15 is 0 Å². The normalized spacial score (nSPS) is 10.6. The van der Waals surface area contributed by atoms with Gasteiger partial charge in [-0.3, -0.25) is 9.36 Å². The number of aliphatic carboxylic acids is 1. The number of carboxylic acids is 1. The van der Waals surface area contributed by atoms with E-state index in [0.29, 0.717) is 14.4 Å². The van der Waals surface area contributed by atoms with Crippen LogP contribution < -0.4 is 0 Å². The van der Waals surface area contributed by atoms with E-state index in [1.165, 1.54) is 6.07 Å². The summed E-state index contributed by atoms with van der Waals surface area (Å²) < 4.78 is 15.6. The van der Waals surface area contributed by atoms with Crippen LogP contribution in [0.3, 0.4) is 0 Å². The molecule has 0 bridgehead atoms. The van der Waals surface area contributed by atoms with E-state index in [1.54, 1.807) is 29.1 Å². The number of thioether (sulfide) groups is 1. The van der Waals surface area contributed by atoms with Crippen molar-refractivity contribution in [3.63, 3.8) is 0 Å². The molecule has 0 unspecified atom stereocenters. The van der Waals surface area contributed by atoms with Crippen LogP contribution in [0.4, 0.5) is 4.39 Å². The van der Waals surface area contributed by atoms with Gasteiger partial charge in [0.2, 0.25) is 0 Å². The summed E-state index contributed by atoms with van der Waals surface area (Å²) in [6.07, 6.45) is 3.24. The van der Waals surface area contributed by atoms with Crippen LogP contribution in [0, 0.1) is 9.39 Å². The maximum Gasteiger partial charge on any atom is 0.313 e. The molecule has 2 rings (SSSR count). The molecule has 2 aromatic rings. The summed E-state index contributed by atoms with van der Waals surface area (Å²) >= 11 is 3.01. The second kappa shape index (κ2) is 5.70. The number of aromatic nitrogens is 2. The zero-order chi connectivity index (χ0) is 13.1. The van der Waals surface area contributed by atoms with E-state index in [0.717, 1.165) is 11.8 Å². The van der Waals surface area contributed by atoms with Gasteiger partial charge < -0.3 is 5.11 Å². The third-order valence-electron chi connectivity index (χ3n) is 2.12. The molecule has 94 valence electrons. The summed E-state index contributed by atoms with van der Waals surface area (Å²) in [5.74, 6) is -1.30. The predicted molar refractivity (Wildman–Crippen MR) is 74.6 cm³/mol. The summed E-state index contributed by atoms with van der Waals surface area (Å²) in [5, 5.41) is 9.18. The van der Waals surface area contributed by atoms with Crippen molar-refractivity contribution in [2.24, 2.45) is 0 Å². The van der Waals surface area contributed by atoms with Gasteiger partial charge in [-0.25, -0.2) is 9.37 Å². The molecule has 1 aromatic carbocycles. The van der Waals surface area contributed by atoms with Crippen LogP contribution in [0.2, 0.25) is 0 Å². The SMILES string of the molecule is O=C(O)CSc1nccn1-c1cccc(F)c1I. The molecule has 0 aliphatic heterocycles. The Hall–Kier alpha value is -1.09. The Labute approximate surface area is 120 Å². The number of benzene rings is 1. The fraction of sp³-hybridized carbons (Fsp3) is 0.0909. The lowest BCUT2D eigenvalue weighted by molar-refractivity contribution is -0.133. The lowest BCUT2D eigenvalue weighted by Crippen LogP contribution is -2.03. The summed E-state index contributed by atoms with van der Waals surface area (Å²) in [6.45, 7) is 0. The molecule has 0 fully saturated rings. The highest BCUT2D eigenvalue weighted by Crippen LogP contribution is 2.25. The molecule has 0 aliphatic carbocycles. The molecule has 0 atom stereocenters. The molecule has 0 saturated carbocycles. The van der Waals surface area contributed by atoms with Crippen molar-refractivity contribution < 1.29 is 14.3 Å². The van der Waals surface area contributed by atoms with Crippen molar-refractivity contribution in [2.75, 3.05) is 5.75 Å². The number of carbonyl (C=O) groups is 1.